The number of pyridine rings is 1. The van der Waals surface area contributed by atoms with Crippen molar-refractivity contribution in [1.82, 2.24) is 19.9 Å². The lowest BCUT2D eigenvalue weighted by Gasteiger charge is -2.45. The first kappa shape index (κ1) is 25.0. The molecule has 8 nitrogen and oxygen atoms in total. The van der Waals surface area contributed by atoms with Crippen LogP contribution in [0.3, 0.4) is 0 Å². The second-order valence-electron chi connectivity index (χ2n) is 9.33. The molecule has 1 fully saturated rings. The molecular weight excluding hydrogens is 508 g/mol. The Morgan fingerprint density at radius 2 is 1.73 bits per heavy atom. The van der Waals surface area contributed by atoms with Gasteiger partial charge in [-0.3, -0.25) is 14.2 Å². The number of carbonyl (C=O) groups is 1. The molecule has 196 valence electrons. The average Bonchev–Trinajstić information content (AvgIpc) is 3.11. The highest BCUT2D eigenvalue weighted by atomic mass is 19.4. The Kier molecular flexibility index (Phi) is 5.34. The average molecular weight is 527 g/mol. The molecule has 1 aromatic carbocycles. The van der Waals surface area contributed by atoms with Gasteiger partial charge in [0.1, 0.15) is 40.6 Å². The van der Waals surface area contributed by atoms with Gasteiger partial charge in [0, 0.05) is 5.39 Å². The molecule has 3 heterocycles. The van der Waals surface area contributed by atoms with Crippen LogP contribution in [-0.4, -0.2) is 43.2 Å². The number of aliphatic hydroxyl groups is 1. The van der Waals surface area contributed by atoms with E-state index in [1.54, 1.807) is 0 Å². The molecule has 3 aromatic rings. The van der Waals surface area contributed by atoms with Crippen LogP contribution in [0.2, 0.25) is 0 Å². The summed E-state index contributed by atoms with van der Waals surface area (Å²) in [5.74, 6) is -6.59. The minimum absolute atomic E-state index is 0.0794. The summed E-state index contributed by atoms with van der Waals surface area (Å²) in [5.41, 5.74) is -5.30. The van der Waals surface area contributed by atoms with Gasteiger partial charge in [-0.05, 0) is 62.4 Å². The van der Waals surface area contributed by atoms with Crippen molar-refractivity contribution in [1.29, 1.82) is 0 Å². The second-order valence-corrected chi connectivity index (χ2v) is 9.33. The Labute approximate surface area is 204 Å². The number of fused-ring (bicyclic) bond motifs is 3. The predicted octanol–water partition coefficient (Wildman–Crippen LogP) is 3.88. The summed E-state index contributed by atoms with van der Waals surface area (Å²) >= 11 is 0. The van der Waals surface area contributed by atoms with Crippen LogP contribution in [0, 0.1) is 12.7 Å². The van der Waals surface area contributed by atoms with E-state index in [0.717, 1.165) is 10.6 Å². The Balaban J connectivity index is 1.56. The molecular formula is C23H19F6N5O3. The van der Waals surface area contributed by atoms with E-state index in [2.05, 4.69) is 20.6 Å². The van der Waals surface area contributed by atoms with Crippen LogP contribution in [0.4, 0.5) is 37.8 Å². The van der Waals surface area contributed by atoms with Gasteiger partial charge in [-0.15, -0.1) is 0 Å². The van der Waals surface area contributed by atoms with Crippen molar-refractivity contribution in [2.75, 3.05) is 5.32 Å². The maximum Gasteiger partial charge on any atom is 0.456 e. The molecule has 0 radical (unpaired) electrons. The summed E-state index contributed by atoms with van der Waals surface area (Å²) in [5, 5.41) is 15.9. The van der Waals surface area contributed by atoms with Crippen molar-refractivity contribution < 1.29 is 36.2 Å². The van der Waals surface area contributed by atoms with E-state index in [0.29, 0.717) is 11.1 Å². The number of nitrogens with zero attached hydrogens (tertiary/aromatic N) is 3. The van der Waals surface area contributed by atoms with Crippen molar-refractivity contribution in [2.24, 2.45) is 0 Å². The number of anilines is 2. The number of halogens is 6. The molecule has 1 saturated carbocycles. The molecule has 37 heavy (non-hydrogen) atoms. The zero-order valence-corrected chi connectivity index (χ0v) is 19.1. The lowest BCUT2D eigenvalue weighted by molar-refractivity contribution is -0.349. The van der Waals surface area contributed by atoms with Gasteiger partial charge >= 0.3 is 12.1 Å². The van der Waals surface area contributed by atoms with Gasteiger partial charge in [0.05, 0.1) is 5.52 Å². The molecule has 0 bridgehead atoms. The van der Waals surface area contributed by atoms with Gasteiger partial charge in [-0.1, -0.05) is 0 Å². The van der Waals surface area contributed by atoms with E-state index in [1.807, 2.05) is 0 Å². The van der Waals surface area contributed by atoms with Gasteiger partial charge in [0.25, 0.3) is 11.5 Å². The third-order valence-electron chi connectivity index (χ3n) is 7.08. The monoisotopic (exact) mass is 527 g/mol. The normalized spacial score (nSPS) is 23.8. The van der Waals surface area contributed by atoms with Crippen LogP contribution in [0.1, 0.15) is 41.7 Å². The van der Waals surface area contributed by atoms with E-state index in [9.17, 15) is 41.0 Å². The number of aromatic nitrogens is 3. The van der Waals surface area contributed by atoms with E-state index in [-0.39, 0.29) is 22.6 Å². The van der Waals surface area contributed by atoms with Crippen LogP contribution in [0.15, 0.2) is 35.4 Å². The Hall–Kier alpha value is -3.68. The number of rotatable bonds is 3. The van der Waals surface area contributed by atoms with E-state index < -0.39 is 66.3 Å². The number of alkyl halides is 5. The number of nitrogens with one attached hydrogen (secondary N) is 2. The van der Waals surface area contributed by atoms with Crippen molar-refractivity contribution in [2.45, 2.75) is 56.0 Å². The number of amides is 1. The Morgan fingerprint density at radius 3 is 2.38 bits per heavy atom. The molecule has 2 aliphatic rings. The largest absolute Gasteiger partial charge is 0.456 e. The van der Waals surface area contributed by atoms with Crippen LogP contribution in [0.5, 0.6) is 0 Å². The van der Waals surface area contributed by atoms with E-state index in [4.69, 9.17) is 0 Å². The minimum atomic E-state index is -5.98. The lowest BCUT2D eigenvalue weighted by atomic mass is 9.74. The Morgan fingerprint density at radius 1 is 1.05 bits per heavy atom. The third-order valence-corrected chi connectivity index (χ3v) is 7.08. The highest BCUT2D eigenvalue weighted by Gasteiger charge is 2.71. The smallest absolute Gasteiger partial charge is 0.383 e. The SMILES string of the molecule is Cc1cc(Nc2ncnc3ccc(F)cc23)c(=O)n2c1C(=O)NC21CCC(O)(C(F)(F)C(F)(F)F)CC1. The first-order valence-corrected chi connectivity index (χ1v) is 11.1. The van der Waals surface area contributed by atoms with E-state index in [1.165, 1.54) is 31.5 Å². The molecule has 1 amide bonds. The van der Waals surface area contributed by atoms with Gasteiger partial charge in [0.15, 0.2) is 0 Å². The molecule has 0 atom stereocenters. The number of hydrogen-bond acceptors (Lipinski definition) is 6. The first-order valence-electron chi connectivity index (χ1n) is 11.1. The Bertz CT molecular complexity index is 1490. The molecule has 14 heteroatoms. The van der Waals surface area contributed by atoms with Gasteiger partial charge < -0.3 is 15.7 Å². The van der Waals surface area contributed by atoms with Crippen LogP contribution in [0.25, 0.3) is 10.9 Å². The highest BCUT2D eigenvalue weighted by molar-refractivity contribution is 5.97. The van der Waals surface area contributed by atoms with Crippen molar-refractivity contribution >= 4 is 28.3 Å². The van der Waals surface area contributed by atoms with Gasteiger partial charge in [-0.2, -0.15) is 22.0 Å². The molecule has 0 saturated heterocycles. The third kappa shape index (κ3) is 3.64. The summed E-state index contributed by atoms with van der Waals surface area (Å²) in [6.45, 7) is 1.52. The summed E-state index contributed by atoms with van der Waals surface area (Å²) in [6.07, 6.45) is -7.96. The van der Waals surface area contributed by atoms with Gasteiger partial charge in [-0.25, -0.2) is 14.4 Å². The van der Waals surface area contributed by atoms with Crippen molar-refractivity contribution in [3.8, 4) is 0 Å². The fourth-order valence-electron chi connectivity index (χ4n) is 5.11. The molecule has 1 aliphatic heterocycles. The second kappa shape index (κ2) is 7.91. The van der Waals surface area contributed by atoms with Crippen molar-refractivity contribution in [3.63, 3.8) is 0 Å². The van der Waals surface area contributed by atoms with Crippen molar-refractivity contribution in [3.05, 3.63) is 58.0 Å². The fraction of sp³-hybridized carbons (Fsp3) is 0.391. The fourth-order valence-corrected chi connectivity index (χ4v) is 5.11. The topological polar surface area (TPSA) is 109 Å². The van der Waals surface area contributed by atoms with Crippen LogP contribution >= 0.6 is 0 Å². The zero-order chi connectivity index (χ0) is 27.0. The first-order chi connectivity index (χ1) is 17.2. The number of carbonyl (C=O) groups excluding carboxylic acids is 1. The molecule has 1 spiro atoms. The number of aryl methyl sites for hydroxylation is 1. The molecule has 5 rings (SSSR count). The standard InChI is InChI=1S/C23H19F6N5O3/c1-11-8-15(32-17-13-9-12(24)2-3-14(13)30-10-31-17)19(36)34-16(11)18(35)33-21(34)6-4-20(37,5-7-21)22(25,26)23(27,28)29/h2-3,8-10,37H,4-7H2,1H3,(H,33,35)(H,30,31,32). The molecule has 0 unspecified atom stereocenters. The quantitative estimate of drug-likeness (QED) is 0.446. The summed E-state index contributed by atoms with van der Waals surface area (Å²) < 4.78 is 81.9. The summed E-state index contributed by atoms with van der Waals surface area (Å²) in [7, 11) is 0. The summed E-state index contributed by atoms with van der Waals surface area (Å²) in [4.78, 5) is 34.4. The molecule has 3 N–H and O–H groups in total. The number of hydrogen-bond donors (Lipinski definition) is 3. The lowest BCUT2D eigenvalue weighted by Crippen LogP contribution is -2.62. The van der Waals surface area contributed by atoms with Crippen LogP contribution in [-0.2, 0) is 5.66 Å². The van der Waals surface area contributed by atoms with E-state index >= 15 is 0 Å². The summed E-state index contributed by atoms with van der Waals surface area (Å²) in [6, 6.07) is 5.12. The maximum atomic E-state index is 14.1. The zero-order valence-electron chi connectivity index (χ0n) is 19.1. The molecule has 2 aromatic heterocycles. The predicted molar refractivity (Wildman–Crippen MR) is 118 cm³/mol. The molecule has 1 aliphatic carbocycles. The van der Waals surface area contributed by atoms with Gasteiger partial charge in [0.2, 0.25) is 0 Å². The number of benzene rings is 1. The highest BCUT2D eigenvalue weighted by Crippen LogP contribution is 2.52. The van der Waals surface area contributed by atoms with Crippen LogP contribution < -0.4 is 16.2 Å². The minimum Gasteiger partial charge on any atom is -0.383 e. The maximum absolute atomic E-state index is 14.1.